The number of nitrogens with zero attached hydrogens (tertiary/aromatic N) is 2. The van der Waals surface area contributed by atoms with Gasteiger partial charge in [-0.2, -0.15) is 0 Å². The Labute approximate surface area is 114 Å². The molecule has 0 N–H and O–H groups in total. The predicted molar refractivity (Wildman–Crippen MR) is 77.6 cm³/mol. The van der Waals surface area contributed by atoms with Gasteiger partial charge in [-0.15, -0.1) is 11.3 Å². The summed E-state index contributed by atoms with van der Waals surface area (Å²) in [6, 6.07) is 0. The van der Waals surface area contributed by atoms with E-state index in [2.05, 4.69) is 4.98 Å². The summed E-state index contributed by atoms with van der Waals surface area (Å²) in [7, 11) is 1.70. The minimum absolute atomic E-state index is 0.348. The average molecular weight is 272 g/mol. The second-order valence-electron chi connectivity index (χ2n) is 4.66. The normalized spacial score (nSPS) is 10.4. The lowest BCUT2D eigenvalue weighted by Crippen LogP contribution is -2.34. The van der Waals surface area contributed by atoms with E-state index in [9.17, 15) is 4.79 Å². The molecule has 0 aliphatic carbocycles. The van der Waals surface area contributed by atoms with Crippen molar-refractivity contribution < 1.29 is 9.53 Å². The number of carbonyl (C=O) groups excluding carboxylic acids is 1. The van der Waals surface area contributed by atoms with Gasteiger partial charge in [-0.25, -0.2) is 9.78 Å². The molecule has 0 fully saturated rings. The zero-order valence-electron chi connectivity index (χ0n) is 12.6. The largest absolute Gasteiger partial charge is 0.443 e. The zero-order chi connectivity index (χ0) is 14.5. The fourth-order valence-corrected chi connectivity index (χ4v) is 2.11. The van der Waals surface area contributed by atoms with Crippen LogP contribution >= 0.6 is 11.3 Å². The van der Waals surface area contributed by atoms with E-state index >= 15 is 0 Å². The Morgan fingerprint density at radius 2 is 1.78 bits per heavy atom. The van der Waals surface area contributed by atoms with Gasteiger partial charge in [-0.1, -0.05) is 13.8 Å². The van der Waals surface area contributed by atoms with Crippen LogP contribution in [-0.2, 0) is 4.74 Å². The van der Waals surface area contributed by atoms with Gasteiger partial charge in [0.25, 0.3) is 0 Å². The Hall–Kier alpha value is -1.10. The van der Waals surface area contributed by atoms with Crippen LogP contribution in [0, 0.1) is 13.8 Å². The highest BCUT2D eigenvalue weighted by atomic mass is 32.1. The van der Waals surface area contributed by atoms with Gasteiger partial charge in [-0.05, 0) is 34.6 Å². The van der Waals surface area contributed by atoms with Crippen LogP contribution in [0.5, 0.6) is 0 Å². The van der Waals surface area contributed by atoms with Gasteiger partial charge in [-0.3, -0.25) is 4.90 Å². The van der Waals surface area contributed by atoms with Crippen LogP contribution in [0.25, 0.3) is 0 Å². The second kappa shape index (κ2) is 6.73. The number of amides is 1. The SMILES string of the molecule is CC.Cc1nc(C)c(N(C)C(=O)OC(C)(C)C)s1. The van der Waals surface area contributed by atoms with E-state index in [-0.39, 0.29) is 6.09 Å². The van der Waals surface area contributed by atoms with E-state index in [4.69, 9.17) is 4.74 Å². The van der Waals surface area contributed by atoms with Gasteiger partial charge >= 0.3 is 6.09 Å². The van der Waals surface area contributed by atoms with Gasteiger partial charge in [0.15, 0.2) is 0 Å². The topological polar surface area (TPSA) is 42.4 Å². The number of thiazole rings is 1. The van der Waals surface area contributed by atoms with Crippen molar-refractivity contribution in [3.63, 3.8) is 0 Å². The Kier molecular flexibility index (Phi) is 6.32. The molecule has 0 aliphatic rings. The molecule has 0 aromatic carbocycles. The number of rotatable bonds is 1. The summed E-state index contributed by atoms with van der Waals surface area (Å²) in [6.07, 6.45) is -0.348. The van der Waals surface area contributed by atoms with Crippen molar-refractivity contribution in [2.24, 2.45) is 0 Å². The van der Waals surface area contributed by atoms with Gasteiger partial charge < -0.3 is 4.74 Å². The van der Waals surface area contributed by atoms with Gasteiger partial charge in [0, 0.05) is 7.05 Å². The molecule has 4 nitrogen and oxygen atoms in total. The number of ether oxygens (including phenoxy) is 1. The highest BCUT2D eigenvalue weighted by molar-refractivity contribution is 7.16. The first kappa shape index (κ1) is 16.9. The van der Waals surface area contributed by atoms with Crippen LogP contribution in [0.2, 0.25) is 0 Å². The molecule has 1 aromatic heterocycles. The van der Waals surface area contributed by atoms with E-state index in [0.29, 0.717) is 0 Å². The molecule has 1 aromatic rings. The van der Waals surface area contributed by atoms with Crippen molar-refractivity contribution in [2.75, 3.05) is 11.9 Å². The minimum atomic E-state index is -0.473. The Bertz CT molecular complexity index is 394. The summed E-state index contributed by atoms with van der Waals surface area (Å²) in [4.78, 5) is 17.6. The predicted octanol–water partition coefficient (Wildman–Crippen LogP) is 4.16. The maximum Gasteiger partial charge on any atom is 0.415 e. The fraction of sp³-hybridized carbons (Fsp3) is 0.692. The fourth-order valence-electron chi connectivity index (χ4n) is 1.25. The number of anilines is 1. The smallest absolute Gasteiger partial charge is 0.415 e. The van der Waals surface area contributed by atoms with Crippen molar-refractivity contribution in [1.82, 2.24) is 4.98 Å². The standard InChI is InChI=1S/C11H18N2O2S.C2H6/c1-7-9(16-8(2)12-7)13(6)10(14)15-11(3,4)5;1-2/h1-6H3;1-2H3. The van der Waals surface area contributed by atoms with Crippen molar-refractivity contribution >= 4 is 22.4 Å². The summed E-state index contributed by atoms with van der Waals surface area (Å²) in [5.74, 6) is 0. The molecule has 0 aliphatic heterocycles. The maximum absolute atomic E-state index is 11.8. The van der Waals surface area contributed by atoms with E-state index in [1.165, 1.54) is 16.2 Å². The number of carbonyl (C=O) groups is 1. The lowest BCUT2D eigenvalue weighted by atomic mass is 10.2. The van der Waals surface area contributed by atoms with Crippen LogP contribution < -0.4 is 4.90 Å². The van der Waals surface area contributed by atoms with Crippen LogP contribution in [0.4, 0.5) is 9.80 Å². The van der Waals surface area contributed by atoms with Crippen molar-refractivity contribution in [1.29, 1.82) is 0 Å². The van der Waals surface area contributed by atoms with E-state index in [1.807, 2.05) is 48.5 Å². The summed E-state index contributed by atoms with van der Waals surface area (Å²) in [5.41, 5.74) is 0.384. The quantitative estimate of drug-likeness (QED) is 0.771. The maximum atomic E-state index is 11.8. The molecule has 18 heavy (non-hydrogen) atoms. The molecular formula is C13H24N2O2S. The van der Waals surface area contributed by atoms with Crippen LogP contribution in [-0.4, -0.2) is 23.7 Å². The average Bonchev–Trinajstić information content (AvgIpc) is 2.57. The number of hydrogen-bond donors (Lipinski definition) is 0. The number of aryl methyl sites for hydroxylation is 2. The molecule has 5 heteroatoms. The first-order valence-electron chi connectivity index (χ1n) is 6.11. The number of hydrogen-bond acceptors (Lipinski definition) is 4. The van der Waals surface area contributed by atoms with Gasteiger partial charge in [0.1, 0.15) is 10.6 Å². The van der Waals surface area contributed by atoms with Crippen molar-refractivity contribution in [3.8, 4) is 0 Å². The monoisotopic (exact) mass is 272 g/mol. The first-order valence-corrected chi connectivity index (χ1v) is 6.93. The summed E-state index contributed by atoms with van der Waals surface area (Å²) in [6.45, 7) is 13.4. The minimum Gasteiger partial charge on any atom is -0.443 e. The highest BCUT2D eigenvalue weighted by Crippen LogP contribution is 2.27. The molecule has 104 valence electrons. The molecule has 0 atom stereocenters. The zero-order valence-corrected chi connectivity index (χ0v) is 13.4. The van der Waals surface area contributed by atoms with E-state index < -0.39 is 5.60 Å². The Balaban J connectivity index is 0.00000137. The highest BCUT2D eigenvalue weighted by Gasteiger charge is 2.22. The molecule has 1 rings (SSSR count). The van der Waals surface area contributed by atoms with Crippen molar-refractivity contribution in [2.45, 2.75) is 54.1 Å². The van der Waals surface area contributed by atoms with Crippen molar-refractivity contribution in [3.05, 3.63) is 10.7 Å². The molecular weight excluding hydrogens is 248 g/mol. The summed E-state index contributed by atoms with van der Waals surface area (Å²) in [5, 5.41) is 1.79. The molecule has 0 saturated carbocycles. The number of aromatic nitrogens is 1. The lowest BCUT2D eigenvalue weighted by molar-refractivity contribution is 0.0590. The van der Waals surface area contributed by atoms with Crippen LogP contribution in [0.1, 0.15) is 45.3 Å². The third-order valence-corrected chi connectivity index (χ3v) is 3.00. The molecule has 1 amide bonds. The third kappa shape index (κ3) is 5.04. The Morgan fingerprint density at radius 3 is 2.11 bits per heavy atom. The first-order chi connectivity index (χ1) is 8.20. The molecule has 0 saturated heterocycles. The Morgan fingerprint density at radius 1 is 1.28 bits per heavy atom. The second-order valence-corrected chi connectivity index (χ2v) is 5.84. The molecule has 1 heterocycles. The van der Waals surface area contributed by atoms with E-state index in [1.54, 1.807) is 7.05 Å². The van der Waals surface area contributed by atoms with Gasteiger partial charge in [0.2, 0.25) is 0 Å². The summed E-state index contributed by atoms with van der Waals surface area (Å²) < 4.78 is 5.28. The lowest BCUT2D eigenvalue weighted by Gasteiger charge is -2.23. The van der Waals surface area contributed by atoms with Crippen LogP contribution in [0.3, 0.4) is 0 Å². The molecule has 0 unspecified atom stereocenters. The molecule has 0 radical (unpaired) electrons. The third-order valence-electron chi connectivity index (χ3n) is 1.85. The van der Waals surface area contributed by atoms with Gasteiger partial charge in [0.05, 0.1) is 10.7 Å². The summed E-state index contributed by atoms with van der Waals surface area (Å²) >= 11 is 1.49. The van der Waals surface area contributed by atoms with E-state index in [0.717, 1.165) is 15.7 Å². The van der Waals surface area contributed by atoms with Crippen LogP contribution in [0.15, 0.2) is 0 Å². The molecule has 0 bridgehead atoms. The molecule has 0 spiro atoms.